The van der Waals surface area contributed by atoms with Crippen molar-refractivity contribution in [1.82, 2.24) is 0 Å². The van der Waals surface area contributed by atoms with Crippen LogP contribution in [0.5, 0.6) is 0 Å². The summed E-state index contributed by atoms with van der Waals surface area (Å²) in [5.41, 5.74) is -0.904. The van der Waals surface area contributed by atoms with Crippen LogP contribution >= 0.6 is 0 Å². The van der Waals surface area contributed by atoms with E-state index in [1.165, 1.54) is 38.5 Å². The second-order valence-corrected chi connectivity index (χ2v) is 16.2. The van der Waals surface area contributed by atoms with E-state index in [0.717, 1.165) is 51.4 Å². The first-order chi connectivity index (χ1) is 18.8. The third kappa shape index (κ3) is 24.1. The molecule has 5 heteroatoms. The van der Waals surface area contributed by atoms with Gasteiger partial charge in [0.15, 0.2) is 0 Å². The maximum absolute atomic E-state index is 12.3. The molecule has 0 aliphatic rings. The number of carbonyl (C=O) groups excluding carboxylic acids is 2. The molecule has 0 aromatic heterocycles. The zero-order valence-electron chi connectivity index (χ0n) is 27.1. The first-order valence-electron chi connectivity index (χ1n) is 16.9. The third-order valence-electron chi connectivity index (χ3n) is 8.33. The van der Waals surface area contributed by atoms with Crippen LogP contribution in [0, 0.1) is 17.3 Å². The van der Waals surface area contributed by atoms with Gasteiger partial charge in [0.2, 0.25) is 0 Å². The van der Waals surface area contributed by atoms with Gasteiger partial charge >= 0.3 is 95.2 Å². The molecule has 0 spiro atoms. The Labute approximate surface area is 254 Å². The fraction of sp³-hybridized carbons (Fsp3) is 0.941. The molecule has 0 radical (unpaired) electrons. The zero-order valence-corrected chi connectivity index (χ0v) is 29.9. The van der Waals surface area contributed by atoms with Crippen molar-refractivity contribution in [2.24, 2.45) is 17.3 Å². The Morgan fingerprint density at radius 3 is 1.38 bits per heavy atom. The molecule has 2 atom stereocenters. The van der Waals surface area contributed by atoms with Crippen molar-refractivity contribution in [3.05, 3.63) is 0 Å². The molecule has 39 heavy (non-hydrogen) atoms. The van der Waals surface area contributed by atoms with Crippen LogP contribution in [-0.2, 0) is 9.59 Å². The normalized spacial score (nSPS) is 14.0. The summed E-state index contributed by atoms with van der Waals surface area (Å²) in [4.78, 5) is 23.1. The van der Waals surface area contributed by atoms with Crippen LogP contribution in [0.15, 0.2) is 0 Å². The number of carboxylic acid groups (broad SMARTS) is 2. The van der Waals surface area contributed by atoms with Crippen LogP contribution in [0.3, 0.4) is 0 Å². The molecule has 0 aromatic carbocycles. The van der Waals surface area contributed by atoms with Crippen LogP contribution in [0.1, 0.15) is 176 Å². The van der Waals surface area contributed by atoms with E-state index >= 15 is 0 Å². The van der Waals surface area contributed by atoms with Crippen LogP contribution in [0.2, 0.25) is 8.87 Å². The molecular formula is C34H66O4Sn. The van der Waals surface area contributed by atoms with Crippen LogP contribution in [0.4, 0.5) is 0 Å². The molecule has 0 aliphatic heterocycles. The molecule has 2 unspecified atom stereocenters. The van der Waals surface area contributed by atoms with E-state index in [4.69, 9.17) is 0 Å². The molecule has 0 fully saturated rings. The van der Waals surface area contributed by atoms with E-state index in [-0.39, 0.29) is 27.6 Å². The van der Waals surface area contributed by atoms with E-state index in [2.05, 4.69) is 41.5 Å². The number of carbonyl (C=O) groups is 2. The number of unbranched alkanes of at least 4 members (excludes halogenated alkanes) is 8. The van der Waals surface area contributed by atoms with Crippen LogP contribution in [-0.4, -0.2) is 33.1 Å². The Morgan fingerprint density at radius 2 is 1.05 bits per heavy atom. The second kappa shape index (κ2) is 29.2. The molecule has 0 rings (SSSR count). The molecule has 0 amide bonds. The van der Waals surface area contributed by atoms with Crippen molar-refractivity contribution in [2.45, 2.75) is 185 Å². The summed E-state index contributed by atoms with van der Waals surface area (Å²) in [6.45, 7) is 13.1. The SMILES string of the molecule is CCCCC(CC)CC(CCCC(=O)[O-])(CC(CC)CCCC)C(=O)[O-].CCCCC[CH2][Sn+2][CH2]CCCCC. The predicted octanol–water partition coefficient (Wildman–Crippen LogP) is 8.54. The van der Waals surface area contributed by atoms with E-state index in [0.29, 0.717) is 37.5 Å². The monoisotopic (exact) mass is 658 g/mol. The second-order valence-electron chi connectivity index (χ2n) is 11.9. The van der Waals surface area contributed by atoms with E-state index in [9.17, 15) is 19.8 Å². The van der Waals surface area contributed by atoms with Crippen molar-refractivity contribution in [3.63, 3.8) is 0 Å². The van der Waals surface area contributed by atoms with Crippen molar-refractivity contribution in [1.29, 1.82) is 0 Å². The molecule has 4 nitrogen and oxygen atoms in total. The van der Waals surface area contributed by atoms with Crippen LogP contribution < -0.4 is 10.2 Å². The van der Waals surface area contributed by atoms with Gasteiger partial charge in [0.05, 0.1) is 0 Å². The molecule has 0 bridgehead atoms. The average molecular weight is 658 g/mol. The predicted molar refractivity (Wildman–Crippen MR) is 166 cm³/mol. The van der Waals surface area contributed by atoms with Crippen LogP contribution in [0.25, 0.3) is 0 Å². The van der Waals surface area contributed by atoms with Gasteiger partial charge in [-0.15, -0.1) is 0 Å². The Bertz CT molecular complexity index is 523. The van der Waals surface area contributed by atoms with Gasteiger partial charge in [-0.2, -0.15) is 0 Å². The summed E-state index contributed by atoms with van der Waals surface area (Å²) < 4.78 is 3.30. The number of rotatable bonds is 27. The molecule has 0 N–H and O–H groups in total. The summed E-state index contributed by atoms with van der Waals surface area (Å²) >= 11 is 0.104. The van der Waals surface area contributed by atoms with E-state index < -0.39 is 17.4 Å². The van der Waals surface area contributed by atoms with Crippen molar-refractivity contribution >= 4 is 33.1 Å². The first-order valence-corrected chi connectivity index (χ1v) is 20.9. The Kier molecular flexibility index (Phi) is 30.6. The summed E-state index contributed by atoms with van der Waals surface area (Å²) in [6.07, 6.45) is 22.1. The molecule has 230 valence electrons. The fourth-order valence-corrected chi connectivity index (χ4v) is 9.17. The molecule has 0 saturated heterocycles. The molecular weight excluding hydrogens is 591 g/mol. The third-order valence-corrected chi connectivity index (χ3v) is 12.4. The van der Waals surface area contributed by atoms with Crippen molar-refractivity contribution in [3.8, 4) is 0 Å². The van der Waals surface area contributed by atoms with Gasteiger partial charge in [0, 0.05) is 17.4 Å². The van der Waals surface area contributed by atoms with Gasteiger partial charge in [0.25, 0.3) is 0 Å². The fourth-order valence-electron chi connectivity index (χ4n) is 5.60. The van der Waals surface area contributed by atoms with Gasteiger partial charge in [-0.25, -0.2) is 0 Å². The molecule has 0 saturated carbocycles. The number of aliphatic carboxylic acids is 2. The quantitative estimate of drug-likeness (QED) is 0.0655. The topological polar surface area (TPSA) is 80.3 Å². The number of carboxylic acids is 2. The van der Waals surface area contributed by atoms with Gasteiger partial charge in [-0.1, -0.05) is 79.1 Å². The van der Waals surface area contributed by atoms with Gasteiger partial charge < -0.3 is 19.8 Å². The molecule has 0 aliphatic carbocycles. The minimum atomic E-state index is -1.10. The Morgan fingerprint density at radius 1 is 0.615 bits per heavy atom. The molecule has 0 heterocycles. The average Bonchev–Trinajstić information content (AvgIpc) is 2.92. The summed E-state index contributed by atoms with van der Waals surface area (Å²) in [7, 11) is 0. The zero-order chi connectivity index (χ0) is 29.8. The summed E-state index contributed by atoms with van der Waals surface area (Å²) in [5, 5.41) is 23.1. The van der Waals surface area contributed by atoms with E-state index in [1.807, 2.05) is 0 Å². The van der Waals surface area contributed by atoms with Gasteiger partial charge in [-0.05, 0) is 43.9 Å². The number of hydrogen-bond acceptors (Lipinski definition) is 4. The summed E-state index contributed by atoms with van der Waals surface area (Å²) in [6, 6.07) is 0. The van der Waals surface area contributed by atoms with Crippen molar-refractivity contribution < 1.29 is 19.8 Å². The van der Waals surface area contributed by atoms with E-state index in [1.54, 1.807) is 21.7 Å². The van der Waals surface area contributed by atoms with Gasteiger partial charge in [0.1, 0.15) is 0 Å². The number of hydrogen-bond donors (Lipinski definition) is 0. The minimum absolute atomic E-state index is 0.0769. The Balaban J connectivity index is 0. The maximum atomic E-state index is 12.3. The first kappa shape index (κ1) is 40.9. The summed E-state index contributed by atoms with van der Waals surface area (Å²) in [5.74, 6) is -1.37. The Hall–Kier alpha value is -0.261. The standard InChI is InChI=1S/C22H42O4.2C6H13.Sn/c1-5-9-12-18(7-3)16-22(21(25)26,15-11-14-20(23)24)17-19(8-4)13-10-6-2;2*1-3-5-6-4-2;/h18-19H,5-17H2,1-4H3,(H,23,24)(H,25,26);2*1,3-6H2,2H3;/q;;;+2/p-2. The van der Waals surface area contributed by atoms with Gasteiger partial charge in [-0.3, -0.25) is 0 Å². The molecule has 0 aromatic rings. The van der Waals surface area contributed by atoms with Crippen molar-refractivity contribution in [2.75, 3.05) is 0 Å².